The van der Waals surface area contributed by atoms with Crippen molar-refractivity contribution in [2.45, 2.75) is 6.92 Å². The summed E-state index contributed by atoms with van der Waals surface area (Å²) in [6.45, 7) is 1.76. The Morgan fingerprint density at radius 2 is 1.57 bits per heavy atom. The van der Waals surface area contributed by atoms with Crippen molar-refractivity contribution in [2.75, 3.05) is 0 Å². The number of phenols is 1. The number of para-hydroxylation sites is 1. The fourth-order valence-corrected chi connectivity index (χ4v) is 3.55. The molecule has 3 aromatic rings. The first-order valence-corrected chi connectivity index (χ1v) is 9.88. The van der Waals surface area contributed by atoms with Crippen LogP contribution in [0.4, 0.5) is 0 Å². The highest BCUT2D eigenvalue weighted by Crippen LogP contribution is 2.33. The summed E-state index contributed by atoms with van der Waals surface area (Å²) in [5.41, 5.74) is 4.31. The van der Waals surface area contributed by atoms with Gasteiger partial charge in [0.05, 0.1) is 14.7 Å². The predicted octanol–water partition coefficient (Wildman–Crippen LogP) is 5.86. The summed E-state index contributed by atoms with van der Waals surface area (Å²) in [6.07, 6.45) is 0. The average Bonchev–Trinajstić information content (AvgIpc) is 2.70. The van der Waals surface area contributed by atoms with Crippen molar-refractivity contribution < 1.29 is 14.6 Å². The molecule has 0 saturated heterocycles. The van der Waals surface area contributed by atoms with Crippen molar-refractivity contribution in [1.29, 1.82) is 0 Å². The molecule has 28 heavy (non-hydrogen) atoms. The lowest BCUT2D eigenvalue weighted by Crippen LogP contribution is -2.19. The molecule has 0 bridgehead atoms. The summed E-state index contributed by atoms with van der Waals surface area (Å²) in [4.78, 5) is 12.4. The molecule has 3 aromatic carbocycles. The summed E-state index contributed by atoms with van der Waals surface area (Å²) in [5.74, 6) is 1.01. The molecular weight excluding hydrogens is 488 g/mol. The number of amides is 1. The normalized spacial score (nSPS) is 11.2. The van der Waals surface area contributed by atoms with E-state index >= 15 is 0 Å². The second-order valence-electron chi connectivity index (χ2n) is 5.87. The summed E-state index contributed by atoms with van der Waals surface area (Å²) >= 11 is 6.56. The van der Waals surface area contributed by atoms with Gasteiger partial charge in [0.15, 0.2) is 0 Å². The molecule has 0 radical (unpaired) electrons. The quantitative estimate of drug-likeness (QED) is 0.338. The van der Waals surface area contributed by atoms with Crippen molar-refractivity contribution in [3.05, 3.63) is 86.8 Å². The fraction of sp³-hybridized carbons (Fsp3) is 0.0476. The van der Waals surface area contributed by atoms with Crippen LogP contribution in [0.15, 0.2) is 80.8 Å². The summed E-state index contributed by atoms with van der Waals surface area (Å²) in [5, 5.41) is 13.9. The van der Waals surface area contributed by atoms with E-state index in [0.29, 0.717) is 31.7 Å². The van der Waals surface area contributed by atoms with Gasteiger partial charge in [-0.1, -0.05) is 24.3 Å². The fourth-order valence-electron chi connectivity index (χ4n) is 2.36. The van der Waals surface area contributed by atoms with Crippen LogP contribution in [-0.4, -0.2) is 16.7 Å². The highest BCUT2D eigenvalue weighted by atomic mass is 79.9. The van der Waals surface area contributed by atoms with Gasteiger partial charge in [-0.25, -0.2) is 5.43 Å². The van der Waals surface area contributed by atoms with Gasteiger partial charge in [0.1, 0.15) is 17.2 Å². The summed E-state index contributed by atoms with van der Waals surface area (Å²) < 4.78 is 6.81. The van der Waals surface area contributed by atoms with Gasteiger partial charge >= 0.3 is 0 Å². The summed E-state index contributed by atoms with van der Waals surface area (Å²) in [7, 11) is 0. The lowest BCUT2D eigenvalue weighted by molar-refractivity contribution is 0.0954. The van der Waals surface area contributed by atoms with E-state index in [2.05, 4.69) is 42.4 Å². The number of benzene rings is 3. The monoisotopic (exact) mass is 502 g/mol. The Morgan fingerprint density at radius 3 is 2.25 bits per heavy atom. The minimum atomic E-state index is -0.352. The number of rotatable bonds is 5. The number of hydrazone groups is 1. The molecule has 3 rings (SSSR count). The van der Waals surface area contributed by atoms with Crippen LogP contribution in [0.2, 0.25) is 0 Å². The number of nitrogens with zero attached hydrogens (tertiary/aromatic N) is 1. The van der Waals surface area contributed by atoms with Crippen LogP contribution in [-0.2, 0) is 0 Å². The van der Waals surface area contributed by atoms with Gasteiger partial charge in [0, 0.05) is 5.56 Å². The first-order valence-electron chi connectivity index (χ1n) is 8.30. The minimum absolute atomic E-state index is 0.107. The van der Waals surface area contributed by atoms with Crippen LogP contribution in [0.1, 0.15) is 22.8 Å². The Hall–Kier alpha value is -2.64. The molecule has 0 atom stereocenters. The van der Waals surface area contributed by atoms with E-state index in [-0.39, 0.29) is 11.7 Å². The van der Waals surface area contributed by atoms with Gasteiger partial charge in [-0.15, -0.1) is 0 Å². The van der Waals surface area contributed by atoms with Gasteiger partial charge in [0.25, 0.3) is 5.91 Å². The zero-order valence-corrected chi connectivity index (χ0v) is 18.0. The van der Waals surface area contributed by atoms with Crippen molar-refractivity contribution >= 4 is 43.5 Å². The zero-order chi connectivity index (χ0) is 20.1. The van der Waals surface area contributed by atoms with Crippen molar-refractivity contribution in [1.82, 2.24) is 5.43 Å². The molecular formula is C21H16Br2N2O3. The second kappa shape index (κ2) is 9.03. The summed E-state index contributed by atoms with van der Waals surface area (Å²) in [6, 6.07) is 19.7. The first-order chi connectivity index (χ1) is 13.4. The SMILES string of the molecule is CC(=NNC(=O)c1cccc(Oc2ccccc2)c1)c1cc(Br)c(O)c(Br)c1. The third-order valence-corrected chi connectivity index (χ3v) is 5.04. The molecule has 142 valence electrons. The second-order valence-corrected chi connectivity index (χ2v) is 7.58. The topological polar surface area (TPSA) is 70.9 Å². The Bertz CT molecular complexity index is 1010. The first kappa shape index (κ1) is 20.1. The van der Waals surface area contributed by atoms with E-state index in [0.717, 1.165) is 5.56 Å². The van der Waals surface area contributed by atoms with Crippen molar-refractivity contribution in [3.63, 3.8) is 0 Å². The standard InChI is InChI=1S/C21H16Br2N2O3/c1-13(15-11-18(22)20(26)19(23)12-15)24-25-21(27)14-6-5-9-17(10-14)28-16-7-3-2-4-8-16/h2-12,26H,1H3,(H,25,27). The molecule has 2 N–H and O–H groups in total. The predicted molar refractivity (Wildman–Crippen MR) is 116 cm³/mol. The number of ether oxygens (including phenoxy) is 1. The molecule has 0 spiro atoms. The Balaban J connectivity index is 1.72. The van der Waals surface area contributed by atoms with Crippen LogP contribution >= 0.6 is 31.9 Å². The third kappa shape index (κ3) is 4.99. The van der Waals surface area contributed by atoms with Gasteiger partial charge in [0.2, 0.25) is 0 Å². The molecule has 0 aliphatic rings. The molecule has 7 heteroatoms. The van der Waals surface area contributed by atoms with Gasteiger partial charge < -0.3 is 9.84 Å². The van der Waals surface area contributed by atoms with E-state index in [1.54, 1.807) is 43.3 Å². The van der Waals surface area contributed by atoms with Crippen molar-refractivity contribution in [3.8, 4) is 17.2 Å². The van der Waals surface area contributed by atoms with Crippen LogP contribution < -0.4 is 10.2 Å². The molecule has 1 amide bonds. The molecule has 0 fully saturated rings. The molecule has 5 nitrogen and oxygen atoms in total. The number of hydrogen-bond donors (Lipinski definition) is 2. The third-order valence-electron chi connectivity index (χ3n) is 3.83. The number of hydrogen-bond acceptors (Lipinski definition) is 4. The molecule has 0 saturated carbocycles. The van der Waals surface area contributed by atoms with E-state index in [4.69, 9.17) is 4.74 Å². The maximum absolute atomic E-state index is 12.4. The largest absolute Gasteiger partial charge is 0.506 e. The lowest BCUT2D eigenvalue weighted by atomic mass is 10.1. The van der Waals surface area contributed by atoms with Crippen LogP contribution in [0.3, 0.4) is 0 Å². The van der Waals surface area contributed by atoms with Crippen LogP contribution in [0, 0.1) is 0 Å². The number of carbonyl (C=O) groups excluding carboxylic acids is 1. The smallest absolute Gasteiger partial charge is 0.271 e. The number of halogens is 2. The Labute approximate surface area is 179 Å². The highest BCUT2D eigenvalue weighted by molar-refractivity contribution is 9.11. The van der Waals surface area contributed by atoms with E-state index in [1.807, 2.05) is 30.3 Å². The molecule has 0 aliphatic carbocycles. The molecule has 0 aromatic heterocycles. The van der Waals surface area contributed by atoms with Gasteiger partial charge in [-0.05, 0) is 86.8 Å². The Kier molecular flexibility index (Phi) is 6.49. The average molecular weight is 504 g/mol. The van der Waals surface area contributed by atoms with Crippen molar-refractivity contribution in [2.24, 2.45) is 5.10 Å². The van der Waals surface area contributed by atoms with Gasteiger partial charge in [-0.2, -0.15) is 5.10 Å². The number of aromatic hydroxyl groups is 1. The highest BCUT2D eigenvalue weighted by Gasteiger charge is 2.10. The Morgan fingerprint density at radius 1 is 0.929 bits per heavy atom. The molecule has 0 heterocycles. The van der Waals surface area contributed by atoms with Gasteiger partial charge in [-0.3, -0.25) is 4.79 Å². The van der Waals surface area contributed by atoms with E-state index in [9.17, 15) is 9.90 Å². The van der Waals surface area contributed by atoms with E-state index in [1.165, 1.54) is 0 Å². The maximum atomic E-state index is 12.4. The molecule has 0 aliphatic heterocycles. The zero-order valence-electron chi connectivity index (χ0n) is 14.8. The van der Waals surface area contributed by atoms with Crippen LogP contribution in [0.5, 0.6) is 17.2 Å². The molecule has 0 unspecified atom stereocenters. The number of phenolic OH excluding ortho intramolecular Hbond substituents is 1. The number of nitrogens with one attached hydrogen (secondary N) is 1. The number of carbonyl (C=O) groups is 1. The van der Waals surface area contributed by atoms with E-state index < -0.39 is 0 Å². The maximum Gasteiger partial charge on any atom is 0.271 e. The lowest BCUT2D eigenvalue weighted by Gasteiger charge is -2.08. The minimum Gasteiger partial charge on any atom is -0.506 e. The van der Waals surface area contributed by atoms with Crippen LogP contribution in [0.25, 0.3) is 0 Å².